The topological polar surface area (TPSA) is 58.9 Å². The van der Waals surface area contributed by atoms with Crippen LogP contribution in [0, 0.1) is 0 Å². The number of halogens is 2. The molecule has 1 heterocycles. The van der Waals surface area contributed by atoms with E-state index in [1.54, 1.807) is 18.2 Å². The zero-order chi connectivity index (χ0) is 11.7. The molecule has 1 N–H and O–H groups in total. The number of nitrogens with zero attached hydrogens (tertiary/aromatic N) is 1. The van der Waals surface area contributed by atoms with Crippen LogP contribution in [0.4, 0.5) is 0 Å². The summed E-state index contributed by atoms with van der Waals surface area (Å²) in [7, 11) is 0. The molecule has 1 aliphatic rings. The van der Waals surface area contributed by atoms with Gasteiger partial charge in [0, 0.05) is 21.5 Å². The van der Waals surface area contributed by atoms with Crippen LogP contribution in [0.5, 0.6) is 0 Å². The van der Waals surface area contributed by atoms with Crippen LogP contribution in [-0.2, 0) is 9.63 Å². The van der Waals surface area contributed by atoms with Crippen molar-refractivity contribution < 1.29 is 14.7 Å². The van der Waals surface area contributed by atoms with Crippen molar-refractivity contribution in [1.29, 1.82) is 0 Å². The summed E-state index contributed by atoms with van der Waals surface area (Å²) in [4.78, 5) is 15.5. The van der Waals surface area contributed by atoms with Gasteiger partial charge >= 0.3 is 5.97 Å². The van der Waals surface area contributed by atoms with E-state index >= 15 is 0 Å². The Labute approximate surface area is 105 Å². The second-order valence-corrected chi connectivity index (χ2v) is 4.62. The largest absolute Gasteiger partial charge is 0.478 e. The maximum absolute atomic E-state index is 10.7. The van der Waals surface area contributed by atoms with Gasteiger partial charge < -0.3 is 9.94 Å². The molecule has 0 spiro atoms. The van der Waals surface area contributed by atoms with E-state index in [0.29, 0.717) is 16.3 Å². The van der Waals surface area contributed by atoms with E-state index in [9.17, 15) is 4.79 Å². The molecule has 4 nitrogen and oxygen atoms in total. The van der Waals surface area contributed by atoms with Gasteiger partial charge in [-0.2, -0.15) is 0 Å². The van der Waals surface area contributed by atoms with Crippen molar-refractivity contribution in [2.45, 2.75) is 12.5 Å². The normalized spacial score (nSPS) is 19.1. The number of hydrogen-bond acceptors (Lipinski definition) is 3. The van der Waals surface area contributed by atoms with Gasteiger partial charge in [0.2, 0.25) is 6.10 Å². The molecule has 2 rings (SSSR count). The number of rotatable bonds is 2. The zero-order valence-corrected chi connectivity index (χ0v) is 10.3. The van der Waals surface area contributed by atoms with Crippen molar-refractivity contribution in [3.63, 3.8) is 0 Å². The Kier molecular flexibility index (Phi) is 3.16. The fourth-order valence-corrected chi connectivity index (χ4v) is 1.98. The first-order chi connectivity index (χ1) is 7.58. The summed E-state index contributed by atoms with van der Waals surface area (Å²) in [6.07, 6.45) is -0.684. The van der Waals surface area contributed by atoms with Crippen LogP contribution in [0.1, 0.15) is 12.0 Å². The second kappa shape index (κ2) is 4.43. The second-order valence-electron chi connectivity index (χ2n) is 3.30. The summed E-state index contributed by atoms with van der Waals surface area (Å²) in [5, 5.41) is 13.0. The summed E-state index contributed by atoms with van der Waals surface area (Å²) in [6, 6.07) is 5.31. The van der Waals surface area contributed by atoms with Crippen LogP contribution in [-0.4, -0.2) is 22.9 Å². The minimum Gasteiger partial charge on any atom is -0.478 e. The molecule has 0 amide bonds. The third-order valence-corrected chi connectivity index (χ3v) is 3.01. The molecule has 16 heavy (non-hydrogen) atoms. The first-order valence-corrected chi connectivity index (χ1v) is 5.66. The minimum atomic E-state index is -1.02. The predicted octanol–water partition coefficient (Wildman–Crippen LogP) is 2.68. The number of carbonyl (C=O) groups is 1. The van der Waals surface area contributed by atoms with Crippen LogP contribution < -0.4 is 0 Å². The van der Waals surface area contributed by atoms with Crippen LogP contribution in [0.3, 0.4) is 0 Å². The van der Waals surface area contributed by atoms with E-state index in [1.165, 1.54) is 0 Å². The van der Waals surface area contributed by atoms with Crippen molar-refractivity contribution in [1.82, 2.24) is 0 Å². The average Bonchev–Trinajstić information content (AvgIpc) is 2.70. The SMILES string of the molecule is O=C(O)C1CC(c2cc(Br)ccc2Cl)=NO1. The lowest BCUT2D eigenvalue weighted by molar-refractivity contribution is -0.148. The van der Waals surface area contributed by atoms with Gasteiger partial charge in [0.1, 0.15) is 0 Å². The van der Waals surface area contributed by atoms with Gasteiger partial charge in [-0.1, -0.05) is 32.7 Å². The Morgan fingerprint density at radius 3 is 3.00 bits per heavy atom. The first kappa shape index (κ1) is 11.4. The Balaban J connectivity index is 2.27. The molecule has 0 aliphatic carbocycles. The number of oxime groups is 1. The Bertz CT molecular complexity index is 475. The van der Waals surface area contributed by atoms with Gasteiger partial charge in [0.15, 0.2) is 0 Å². The summed E-state index contributed by atoms with van der Waals surface area (Å²) in [5.41, 5.74) is 1.25. The number of benzene rings is 1. The van der Waals surface area contributed by atoms with E-state index in [4.69, 9.17) is 21.5 Å². The maximum atomic E-state index is 10.7. The van der Waals surface area contributed by atoms with Crippen molar-refractivity contribution in [2.75, 3.05) is 0 Å². The molecule has 1 aromatic carbocycles. The molecule has 84 valence electrons. The van der Waals surface area contributed by atoms with Crippen LogP contribution in [0.2, 0.25) is 5.02 Å². The van der Waals surface area contributed by atoms with Crippen molar-refractivity contribution in [2.24, 2.45) is 5.16 Å². The van der Waals surface area contributed by atoms with Gasteiger partial charge in [-0.25, -0.2) is 4.79 Å². The fourth-order valence-electron chi connectivity index (χ4n) is 1.39. The molecular formula is C10H7BrClNO3. The average molecular weight is 305 g/mol. The van der Waals surface area contributed by atoms with Crippen LogP contribution in [0.25, 0.3) is 0 Å². The molecule has 1 aliphatic heterocycles. The number of carboxylic acids is 1. The lowest BCUT2D eigenvalue weighted by Crippen LogP contribution is -2.19. The number of aliphatic carboxylic acids is 1. The molecule has 0 radical (unpaired) electrons. The highest BCUT2D eigenvalue weighted by Crippen LogP contribution is 2.26. The summed E-state index contributed by atoms with van der Waals surface area (Å²) >= 11 is 9.32. The third kappa shape index (κ3) is 2.20. The standard InChI is InChI=1S/C10H7BrClNO3/c11-5-1-2-7(12)6(3-5)8-4-9(10(14)15)16-13-8/h1-3,9H,4H2,(H,14,15). The highest BCUT2D eigenvalue weighted by atomic mass is 79.9. The molecule has 1 aromatic rings. The van der Waals surface area contributed by atoms with Gasteiger partial charge in [-0.15, -0.1) is 0 Å². The summed E-state index contributed by atoms with van der Waals surface area (Å²) in [5.74, 6) is -1.02. The summed E-state index contributed by atoms with van der Waals surface area (Å²) < 4.78 is 0.855. The van der Waals surface area contributed by atoms with E-state index in [-0.39, 0.29) is 6.42 Å². The first-order valence-electron chi connectivity index (χ1n) is 4.49. The van der Waals surface area contributed by atoms with Crippen LogP contribution >= 0.6 is 27.5 Å². The third-order valence-electron chi connectivity index (χ3n) is 2.18. The highest BCUT2D eigenvalue weighted by Gasteiger charge is 2.29. The number of carboxylic acid groups (broad SMARTS) is 1. The Morgan fingerprint density at radius 2 is 2.38 bits per heavy atom. The van der Waals surface area contributed by atoms with Crippen molar-refractivity contribution in [3.8, 4) is 0 Å². The molecule has 0 aromatic heterocycles. The lowest BCUT2D eigenvalue weighted by atomic mass is 10.1. The fraction of sp³-hybridized carbons (Fsp3) is 0.200. The number of hydrogen-bond donors (Lipinski definition) is 1. The maximum Gasteiger partial charge on any atom is 0.348 e. The molecule has 0 saturated carbocycles. The molecule has 0 bridgehead atoms. The van der Waals surface area contributed by atoms with E-state index in [0.717, 1.165) is 4.47 Å². The van der Waals surface area contributed by atoms with Crippen molar-refractivity contribution in [3.05, 3.63) is 33.3 Å². The van der Waals surface area contributed by atoms with Crippen molar-refractivity contribution >= 4 is 39.2 Å². The van der Waals surface area contributed by atoms with E-state index < -0.39 is 12.1 Å². The molecule has 0 saturated heterocycles. The zero-order valence-electron chi connectivity index (χ0n) is 7.98. The Hall–Kier alpha value is -1.07. The van der Waals surface area contributed by atoms with E-state index in [1.807, 2.05) is 0 Å². The summed E-state index contributed by atoms with van der Waals surface area (Å²) in [6.45, 7) is 0. The quantitative estimate of drug-likeness (QED) is 0.914. The van der Waals surface area contributed by atoms with Crippen LogP contribution in [0.15, 0.2) is 27.8 Å². The van der Waals surface area contributed by atoms with Gasteiger partial charge in [0.25, 0.3) is 0 Å². The Morgan fingerprint density at radius 1 is 1.62 bits per heavy atom. The molecular weight excluding hydrogens is 297 g/mol. The molecule has 1 unspecified atom stereocenters. The van der Waals surface area contributed by atoms with Gasteiger partial charge in [-0.3, -0.25) is 0 Å². The molecule has 0 fully saturated rings. The predicted molar refractivity (Wildman–Crippen MR) is 62.8 cm³/mol. The smallest absolute Gasteiger partial charge is 0.348 e. The lowest BCUT2D eigenvalue weighted by Gasteiger charge is -2.03. The van der Waals surface area contributed by atoms with Gasteiger partial charge in [-0.05, 0) is 18.2 Å². The monoisotopic (exact) mass is 303 g/mol. The molecule has 6 heteroatoms. The minimum absolute atomic E-state index is 0.228. The molecule has 1 atom stereocenters. The van der Waals surface area contributed by atoms with E-state index in [2.05, 4.69) is 21.1 Å². The highest BCUT2D eigenvalue weighted by molar-refractivity contribution is 9.10. The van der Waals surface area contributed by atoms with Gasteiger partial charge in [0.05, 0.1) is 5.71 Å².